The van der Waals surface area contributed by atoms with Gasteiger partial charge in [-0.2, -0.15) is 0 Å². The maximum Gasteiger partial charge on any atom is 0.258 e. The van der Waals surface area contributed by atoms with E-state index in [1.54, 1.807) is 0 Å². The largest absolute Gasteiger partial charge is 0.483 e. The lowest BCUT2D eigenvalue weighted by atomic mass is 9.96. The summed E-state index contributed by atoms with van der Waals surface area (Å²) in [6, 6.07) is 18.1. The average molecular weight is 338 g/mol. The van der Waals surface area contributed by atoms with Gasteiger partial charge < -0.3 is 15.8 Å². The molecule has 0 aliphatic heterocycles. The topological polar surface area (TPSA) is 64.3 Å². The number of hydrogen-bond donors (Lipinski definition) is 2. The molecule has 25 heavy (non-hydrogen) atoms. The van der Waals surface area contributed by atoms with Crippen molar-refractivity contribution >= 4 is 5.91 Å². The molecule has 1 amide bonds. The van der Waals surface area contributed by atoms with Gasteiger partial charge in [-0.3, -0.25) is 4.79 Å². The summed E-state index contributed by atoms with van der Waals surface area (Å²) in [4.78, 5) is 12.3. The van der Waals surface area contributed by atoms with Gasteiger partial charge in [0.15, 0.2) is 6.61 Å². The van der Waals surface area contributed by atoms with E-state index in [-0.39, 0.29) is 18.1 Å². The second-order valence-corrected chi connectivity index (χ2v) is 7.00. The summed E-state index contributed by atoms with van der Waals surface area (Å²) < 4.78 is 5.81. The van der Waals surface area contributed by atoms with Gasteiger partial charge >= 0.3 is 0 Å². The molecular weight excluding hydrogens is 312 g/mol. The number of hydrogen-bond acceptors (Lipinski definition) is 3. The Morgan fingerprint density at radius 3 is 2.52 bits per heavy atom. The maximum absolute atomic E-state index is 12.3. The minimum atomic E-state index is -0.315. The molecule has 1 aliphatic rings. The van der Waals surface area contributed by atoms with Crippen LogP contribution >= 0.6 is 0 Å². The lowest BCUT2D eigenvalue weighted by Crippen LogP contribution is -2.54. The van der Waals surface area contributed by atoms with Crippen molar-refractivity contribution < 1.29 is 9.53 Å². The molecule has 2 aromatic rings. The molecule has 0 bridgehead atoms. The zero-order valence-corrected chi connectivity index (χ0v) is 14.7. The minimum absolute atomic E-state index is 0.00805. The predicted octanol–water partition coefficient (Wildman–Crippen LogP) is 2.90. The molecule has 3 rings (SSSR count). The van der Waals surface area contributed by atoms with Crippen LogP contribution in [0.5, 0.6) is 5.75 Å². The zero-order chi connectivity index (χ0) is 17.7. The van der Waals surface area contributed by atoms with Crippen LogP contribution in [0.4, 0.5) is 0 Å². The van der Waals surface area contributed by atoms with Crippen LogP contribution in [-0.4, -0.2) is 24.6 Å². The molecule has 1 atom stereocenters. The Hall–Kier alpha value is -2.33. The van der Waals surface area contributed by atoms with Crippen molar-refractivity contribution in [3.8, 4) is 5.75 Å². The van der Waals surface area contributed by atoms with Gasteiger partial charge in [-0.05, 0) is 42.9 Å². The molecule has 0 aromatic heterocycles. The number of nitrogens with two attached hydrogens (primary N) is 1. The number of ether oxygens (including phenoxy) is 1. The van der Waals surface area contributed by atoms with Crippen LogP contribution in [0, 0.1) is 5.92 Å². The molecule has 132 valence electrons. The number of rotatable bonds is 8. The second-order valence-electron chi connectivity index (χ2n) is 7.00. The van der Waals surface area contributed by atoms with E-state index in [0.29, 0.717) is 12.5 Å². The van der Waals surface area contributed by atoms with E-state index in [0.717, 1.165) is 30.6 Å². The van der Waals surface area contributed by atoms with Crippen LogP contribution in [0.25, 0.3) is 0 Å². The molecule has 4 nitrogen and oxygen atoms in total. The SMILES string of the molecule is CC(CN)(NC(=O)COc1ccccc1Cc1ccccc1)C1CC1. The summed E-state index contributed by atoms with van der Waals surface area (Å²) in [5.41, 5.74) is 7.83. The summed E-state index contributed by atoms with van der Waals surface area (Å²) >= 11 is 0. The Morgan fingerprint density at radius 1 is 1.16 bits per heavy atom. The maximum atomic E-state index is 12.3. The third kappa shape index (κ3) is 4.60. The summed E-state index contributed by atoms with van der Waals surface area (Å²) in [6.07, 6.45) is 3.05. The summed E-state index contributed by atoms with van der Waals surface area (Å²) in [5, 5.41) is 3.06. The van der Waals surface area contributed by atoms with Gasteiger partial charge in [0.25, 0.3) is 5.91 Å². The summed E-state index contributed by atoms with van der Waals surface area (Å²) in [7, 11) is 0. The normalized spacial score (nSPS) is 16.1. The predicted molar refractivity (Wildman–Crippen MR) is 99.5 cm³/mol. The molecule has 0 heterocycles. The van der Waals surface area contributed by atoms with Gasteiger partial charge in [0.2, 0.25) is 0 Å². The highest BCUT2D eigenvalue weighted by Gasteiger charge is 2.41. The van der Waals surface area contributed by atoms with Gasteiger partial charge in [-0.25, -0.2) is 0 Å². The van der Waals surface area contributed by atoms with Crippen molar-refractivity contribution in [3.05, 3.63) is 65.7 Å². The van der Waals surface area contributed by atoms with E-state index >= 15 is 0 Å². The third-order valence-corrected chi connectivity index (χ3v) is 4.90. The molecule has 1 aliphatic carbocycles. The van der Waals surface area contributed by atoms with Crippen LogP contribution < -0.4 is 15.8 Å². The summed E-state index contributed by atoms with van der Waals surface area (Å²) in [5.74, 6) is 1.13. The highest BCUT2D eigenvalue weighted by atomic mass is 16.5. The monoisotopic (exact) mass is 338 g/mol. The zero-order valence-electron chi connectivity index (χ0n) is 14.7. The van der Waals surface area contributed by atoms with Gasteiger partial charge in [0.1, 0.15) is 5.75 Å². The van der Waals surface area contributed by atoms with Crippen LogP contribution in [-0.2, 0) is 11.2 Å². The fourth-order valence-corrected chi connectivity index (χ4v) is 3.14. The molecule has 4 heteroatoms. The highest BCUT2D eigenvalue weighted by molar-refractivity contribution is 5.78. The molecular formula is C21H26N2O2. The standard InChI is InChI=1S/C21H26N2O2/c1-21(15-22,18-11-12-18)23-20(24)14-25-19-10-6-5-9-17(19)13-16-7-3-2-4-8-16/h2-10,18H,11-15,22H2,1H3,(H,23,24). The number of amides is 1. The van der Waals surface area contributed by atoms with Gasteiger partial charge in [0, 0.05) is 13.0 Å². The van der Waals surface area contributed by atoms with E-state index in [2.05, 4.69) is 17.4 Å². The Morgan fingerprint density at radius 2 is 1.84 bits per heavy atom. The van der Waals surface area contributed by atoms with E-state index in [1.165, 1.54) is 5.56 Å². The van der Waals surface area contributed by atoms with Crippen molar-refractivity contribution in [3.63, 3.8) is 0 Å². The first-order valence-corrected chi connectivity index (χ1v) is 8.86. The van der Waals surface area contributed by atoms with Gasteiger partial charge in [-0.1, -0.05) is 48.5 Å². The lowest BCUT2D eigenvalue weighted by molar-refractivity contribution is -0.125. The minimum Gasteiger partial charge on any atom is -0.483 e. The van der Waals surface area contributed by atoms with Crippen molar-refractivity contribution in [2.45, 2.75) is 31.7 Å². The average Bonchev–Trinajstić information content (AvgIpc) is 3.47. The molecule has 1 fully saturated rings. The first-order chi connectivity index (χ1) is 12.1. The smallest absolute Gasteiger partial charge is 0.258 e. The quantitative estimate of drug-likeness (QED) is 0.778. The van der Waals surface area contributed by atoms with E-state index in [1.807, 2.05) is 49.4 Å². The third-order valence-electron chi connectivity index (χ3n) is 4.90. The van der Waals surface area contributed by atoms with Crippen LogP contribution in [0.1, 0.15) is 30.9 Å². The van der Waals surface area contributed by atoms with Crippen molar-refractivity contribution in [2.24, 2.45) is 11.7 Å². The molecule has 0 radical (unpaired) electrons. The van der Waals surface area contributed by atoms with Crippen molar-refractivity contribution in [1.29, 1.82) is 0 Å². The number of carbonyl (C=O) groups excluding carboxylic acids is 1. The Labute approximate surface area is 149 Å². The summed E-state index contributed by atoms with van der Waals surface area (Å²) in [6.45, 7) is 2.48. The molecule has 3 N–H and O–H groups in total. The number of carbonyl (C=O) groups is 1. The number of nitrogens with one attached hydrogen (secondary N) is 1. The van der Waals surface area contributed by atoms with Crippen molar-refractivity contribution in [2.75, 3.05) is 13.2 Å². The molecule has 2 aromatic carbocycles. The second kappa shape index (κ2) is 7.70. The molecule has 0 spiro atoms. The van der Waals surface area contributed by atoms with E-state index < -0.39 is 0 Å². The Bertz CT molecular complexity index is 713. The van der Waals surface area contributed by atoms with Crippen LogP contribution in [0.2, 0.25) is 0 Å². The molecule has 1 saturated carbocycles. The molecule has 0 saturated heterocycles. The first kappa shape index (κ1) is 17.5. The number of benzene rings is 2. The lowest BCUT2D eigenvalue weighted by Gasteiger charge is -2.29. The van der Waals surface area contributed by atoms with Crippen LogP contribution in [0.15, 0.2) is 54.6 Å². The van der Waals surface area contributed by atoms with Gasteiger partial charge in [-0.15, -0.1) is 0 Å². The Balaban J connectivity index is 1.60. The van der Waals surface area contributed by atoms with E-state index in [9.17, 15) is 4.79 Å². The van der Waals surface area contributed by atoms with Crippen LogP contribution in [0.3, 0.4) is 0 Å². The van der Waals surface area contributed by atoms with Crippen molar-refractivity contribution in [1.82, 2.24) is 5.32 Å². The molecule has 1 unspecified atom stereocenters. The fourth-order valence-electron chi connectivity index (χ4n) is 3.14. The number of para-hydroxylation sites is 1. The highest BCUT2D eigenvalue weighted by Crippen LogP contribution is 2.38. The first-order valence-electron chi connectivity index (χ1n) is 8.86. The van der Waals surface area contributed by atoms with Gasteiger partial charge in [0.05, 0.1) is 5.54 Å². The van der Waals surface area contributed by atoms with E-state index in [4.69, 9.17) is 10.5 Å². The Kier molecular flexibility index (Phi) is 5.39. The fraction of sp³-hybridized carbons (Fsp3) is 0.381.